The topological polar surface area (TPSA) is 42.4 Å². The molecule has 1 heterocycles. The highest BCUT2D eigenvalue weighted by atomic mass is 35.5. The number of alkyl halides is 3. The van der Waals surface area contributed by atoms with Gasteiger partial charge < -0.3 is 9.84 Å². The quantitative estimate of drug-likeness (QED) is 0.873. The number of ether oxygens (including phenoxy) is 1. The molecule has 1 aromatic heterocycles. The summed E-state index contributed by atoms with van der Waals surface area (Å²) in [6.45, 7) is 0. The fourth-order valence-electron chi connectivity index (χ4n) is 0.699. The number of hydrogen-bond donors (Lipinski definition) is 1. The van der Waals surface area contributed by atoms with E-state index in [-0.39, 0.29) is 5.19 Å². The third-order valence-electron chi connectivity index (χ3n) is 1.32. The molecule has 0 aliphatic rings. The first kappa shape index (κ1) is 11.5. The van der Waals surface area contributed by atoms with Crippen LogP contribution in [-0.4, -0.2) is 23.4 Å². The van der Waals surface area contributed by atoms with Gasteiger partial charge in [-0.1, -0.05) is 22.9 Å². The molecular weight excluding hydrogens is 243 g/mol. The predicted molar refractivity (Wildman–Crippen MR) is 44.7 cm³/mol. The number of thiazole rings is 1. The Morgan fingerprint density at radius 1 is 1.57 bits per heavy atom. The second-order valence-electron chi connectivity index (χ2n) is 2.28. The van der Waals surface area contributed by atoms with Crippen LogP contribution in [0.1, 0.15) is 11.0 Å². The average molecular weight is 248 g/mol. The molecule has 0 bridgehead atoms. The largest absolute Gasteiger partial charge is 0.473 e. The molecule has 0 radical (unpaired) electrons. The molecule has 80 valence electrons. The highest BCUT2D eigenvalue weighted by Gasteiger charge is 2.42. The molecule has 1 rings (SSSR count). The van der Waals surface area contributed by atoms with Gasteiger partial charge in [0.1, 0.15) is 5.15 Å². The minimum absolute atomic E-state index is 0.0201. The lowest BCUT2D eigenvalue weighted by atomic mass is 10.3. The zero-order chi connectivity index (χ0) is 10.9. The zero-order valence-electron chi connectivity index (χ0n) is 6.80. The van der Waals surface area contributed by atoms with E-state index in [0.29, 0.717) is 11.3 Å². The first-order valence-electron chi connectivity index (χ1n) is 3.31. The summed E-state index contributed by atoms with van der Waals surface area (Å²) < 4.78 is 40.8. The van der Waals surface area contributed by atoms with Crippen LogP contribution < -0.4 is 4.74 Å². The highest BCUT2D eigenvalue weighted by Crippen LogP contribution is 2.40. The first-order chi connectivity index (χ1) is 6.36. The number of rotatable bonds is 2. The summed E-state index contributed by atoms with van der Waals surface area (Å²) in [6, 6.07) is 0. The summed E-state index contributed by atoms with van der Waals surface area (Å²) in [6.07, 6.45) is -7.36. The molecule has 0 aliphatic heterocycles. The molecular formula is C6H5ClF3NO2S. The maximum atomic E-state index is 12.1. The van der Waals surface area contributed by atoms with E-state index in [2.05, 4.69) is 9.72 Å². The minimum atomic E-state index is -4.75. The maximum Gasteiger partial charge on any atom is 0.419 e. The maximum absolute atomic E-state index is 12.1. The van der Waals surface area contributed by atoms with Crippen LogP contribution in [0.3, 0.4) is 0 Å². The molecule has 3 nitrogen and oxygen atoms in total. The van der Waals surface area contributed by atoms with Crippen molar-refractivity contribution in [2.75, 3.05) is 7.11 Å². The van der Waals surface area contributed by atoms with Gasteiger partial charge in [-0.05, 0) is 0 Å². The molecule has 1 atom stereocenters. The molecule has 0 aromatic carbocycles. The molecule has 0 saturated carbocycles. The lowest BCUT2D eigenvalue weighted by Gasteiger charge is -2.11. The summed E-state index contributed by atoms with van der Waals surface area (Å²) >= 11 is 5.94. The Kier molecular flexibility index (Phi) is 3.23. The van der Waals surface area contributed by atoms with E-state index in [0.717, 1.165) is 0 Å². The second-order valence-corrected chi connectivity index (χ2v) is 3.63. The van der Waals surface area contributed by atoms with Crippen molar-refractivity contribution in [1.29, 1.82) is 0 Å². The SMILES string of the molecule is COc1nc(Cl)c(C(O)C(F)(F)F)s1. The molecule has 1 N–H and O–H groups in total. The van der Waals surface area contributed by atoms with Crippen LogP contribution >= 0.6 is 22.9 Å². The Balaban J connectivity index is 3.01. The van der Waals surface area contributed by atoms with Gasteiger partial charge in [-0.15, -0.1) is 0 Å². The number of aliphatic hydroxyl groups excluding tert-OH is 1. The van der Waals surface area contributed by atoms with Crippen LogP contribution in [0.2, 0.25) is 5.15 Å². The zero-order valence-corrected chi connectivity index (χ0v) is 8.37. The number of aliphatic hydroxyl groups is 1. The van der Waals surface area contributed by atoms with Crippen molar-refractivity contribution in [2.45, 2.75) is 12.3 Å². The van der Waals surface area contributed by atoms with Gasteiger partial charge >= 0.3 is 6.18 Å². The van der Waals surface area contributed by atoms with Crippen molar-refractivity contribution in [2.24, 2.45) is 0 Å². The van der Waals surface area contributed by atoms with Crippen LogP contribution in [0.25, 0.3) is 0 Å². The van der Waals surface area contributed by atoms with Crippen LogP contribution in [0, 0.1) is 0 Å². The smallest absolute Gasteiger partial charge is 0.419 e. The molecule has 8 heteroatoms. The standard InChI is InChI=1S/C6H5ClF3NO2S/c1-13-5-11-4(7)2(14-5)3(12)6(8,9)10/h3,12H,1H3. The molecule has 1 unspecified atom stereocenters. The van der Waals surface area contributed by atoms with E-state index in [1.165, 1.54) is 7.11 Å². The Hall–Kier alpha value is -0.530. The van der Waals surface area contributed by atoms with E-state index in [1.54, 1.807) is 0 Å². The number of halogens is 4. The number of hydrogen-bond acceptors (Lipinski definition) is 4. The van der Waals surface area contributed by atoms with E-state index in [4.69, 9.17) is 16.7 Å². The van der Waals surface area contributed by atoms with Crippen LogP contribution in [0.4, 0.5) is 13.2 Å². The van der Waals surface area contributed by atoms with Crippen molar-refractivity contribution < 1.29 is 23.0 Å². The minimum Gasteiger partial charge on any atom is -0.473 e. The van der Waals surface area contributed by atoms with Gasteiger partial charge in [0.05, 0.1) is 12.0 Å². The summed E-state index contributed by atoms with van der Waals surface area (Å²) in [4.78, 5) is 3.00. The molecule has 0 amide bonds. The fourth-order valence-corrected chi connectivity index (χ4v) is 1.83. The van der Waals surface area contributed by atoms with Crippen molar-refractivity contribution in [3.63, 3.8) is 0 Å². The summed E-state index contributed by atoms with van der Waals surface area (Å²) in [7, 11) is 1.25. The Morgan fingerprint density at radius 2 is 2.14 bits per heavy atom. The van der Waals surface area contributed by atoms with E-state index < -0.39 is 22.3 Å². The first-order valence-corrected chi connectivity index (χ1v) is 4.50. The summed E-state index contributed by atoms with van der Waals surface area (Å²) in [5.41, 5.74) is 0. The Morgan fingerprint density at radius 3 is 2.50 bits per heavy atom. The normalized spacial score (nSPS) is 14.1. The van der Waals surface area contributed by atoms with Crippen molar-refractivity contribution in [1.82, 2.24) is 4.98 Å². The lowest BCUT2D eigenvalue weighted by Crippen LogP contribution is -2.19. The number of aromatic nitrogens is 1. The van der Waals surface area contributed by atoms with Crippen molar-refractivity contribution >= 4 is 22.9 Å². The van der Waals surface area contributed by atoms with Gasteiger partial charge in [-0.2, -0.15) is 18.2 Å². The lowest BCUT2D eigenvalue weighted by molar-refractivity contribution is -0.205. The average Bonchev–Trinajstić information content (AvgIpc) is 2.43. The molecule has 0 aliphatic carbocycles. The second kappa shape index (κ2) is 3.92. The fraction of sp³-hybridized carbons (Fsp3) is 0.500. The third kappa shape index (κ3) is 2.28. The van der Waals surface area contributed by atoms with Crippen molar-refractivity contribution in [3.05, 3.63) is 10.0 Å². The van der Waals surface area contributed by atoms with E-state index in [1.807, 2.05) is 0 Å². The molecule has 0 saturated heterocycles. The van der Waals surface area contributed by atoms with Crippen molar-refractivity contribution in [3.8, 4) is 5.19 Å². The molecule has 0 fully saturated rings. The summed E-state index contributed by atoms with van der Waals surface area (Å²) in [5, 5.41) is 8.44. The van der Waals surface area contributed by atoms with Crippen LogP contribution in [0.15, 0.2) is 0 Å². The third-order valence-corrected chi connectivity index (χ3v) is 2.79. The van der Waals surface area contributed by atoms with Gasteiger partial charge in [0.25, 0.3) is 5.19 Å². The number of methoxy groups -OCH3 is 1. The molecule has 14 heavy (non-hydrogen) atoms. The number of nitrogens with zero attached hydrogens (tertiary/aromatic N) is 1. The monoisotopic (exact) mass is 247 g/mol. The van der Waals surface area contributed by atoms with Gasteiger partial charge in [-0.3, -0.25) is 0 Å². The van der Waals surface area contributed by atoms with E-state index in [9.17, 15) is 13.2 Å². The van der Waals surface area contributed by atoms with Gasteiger partial charge in [0.15, 0.2) is 6.10 Å². The highest BCUT2D eigenvalue weighted by molar-refractivity contribution is 7.14. The molecule has 1 aromatic rings. The van der Waals surface area contributed by atoms with E-state index >= 15 is 0 Å². The van der Waals surface area contributed by atoms with Crippen LogP contribution in [0.5, 0.6) is 5.19 Å². The summed E-state index contributed by atoms with van der Waals surface area (Å²) in [5.74, 6) is 0. The van der Waals surface area contributed by atoms with Gasteiger partial charge in [-0.25, -0.2) is 0 Å². The van der Waals surface area contributed by atoms with Gasteiger partial charge in [0.2, 0.25) is 0 Å². The Labute approximate surface area is 86.1 Å². The molecule has 0 spiro atoms. The van der Waals surface area contributed by atoms with Crippen LogP contribution in [-0.2, 0) is 0 Å². The van der Waals surface area contributed by atoms with Gasteiger partial charge in [0, 0.05) is 0 Å². The predicted octanol–water partition coefficient (Wildman–Crippen LogP) is 2.40. The Bertz CT molecular complexity index is 327.